The molecule has 56 valence electrons. The molecule has 4 heteroatoms. The second-order valence-electron chi connectivity index (χ2n) is 1.68. The molecule has 0 aromatic heterocycles. The molecule has 0 spiro atoms. The van der Waals surface area contributed by atoms with Crippen molar-refractivity contribution in [3.05, 3.63) is 0 Å². The third-order valence-corrected chi connectivity index (χ3v) is 1.12. The summed E-state index contributed by atoms with van der Waals surface area (Å²) in [6.45, 7) is 3.91. The van der Waals surface area contributed by atoms with E-state index in [-0.39, 0.29) is 6.10 Å². The van der Waals surface area contributed by atoms with Crippen molar-refractivity contribution in [2.24, 2.45) is 0 Å². The fourth-order valence-electron chi connectivity index (χ4n) is 0.498. The minimum absolute atomic E-state index is 0.00264. The fourth-order valence-corrected chi connectivity index (χ4v) is 0.498. The molecule has 0 radical (unpaired) electrons. The van der Waals surface area contributed by atoms with Crippen molar-refractivity contribution < 1.29 is 20.2 Å². The van der Waals surface area contributed by atoms with Crippen LogP contribution in [0.25, 0.3) is 0 Å². The van der Waals surface area contributed by atoms with Gasteiger partial charge in [-0.25, -0.2) is 10.1 Å². The van der Waals surface area contributed by atoms with E-state index in [0.717, 1.165) is 12.8 Å². The van der Waals surface area contributed by atoms with E-state index >= 15 is 0 Å². The van der Waals surface area contributed by atoms with E-state index < -0.39 is 0 Å². The van der Waals surface area contributed by atoms with Crippen molar-refractivity contribution in [1.82, 2.24) is 0 Å². The Labute approximate surface area is 54.1 Å². The van der Waals surface area contributed by atoms with Crippen LogP contribution in [0.15, 0.2) is 0 Å². The molecule has 0 rings (SSSR count). The Morgan fingerprint density at radius 2 is 1.89 bits per heavy atom. The quantitative estimate of drug-likeness (QED) is 0.460. The van der Waals surface area contributed by atoms with Crippen molar-refractivity contribution in [3.63, 3.8) is 0 Å². The minimum Gasteiger partial charge on any atom is -0.219 e. The summed E-state index contributed by atoms with van der Waals surface area (Å²) in [5, 5.41) is 14.7. The van der Waals surface area contributed by atoms with Gasteiger partial charge in [0, 0.05) is 0 Å². The highest BCUT2D eigenvalue weighted by Crippen LogP contribution is 2.02. The van der Waals surface area contributed by atoms with Crippen LogP contribution in [0.1, 0.15) is 26.7 Å². The van der Waals surface area contributed by atoms with Crippen LogP contribution in [0.2, 0.25) is 0 Å². The maximum Gasteiger partial charge on any atom is 0.0957 e. The molecule has 9 heavy (non-hydrogen) atoms. The molecule has 0 aliphatic carbocycles. The van der Waals surface area contributed by atoms with Gasteiger partial charge in [-0.05, 0) is 22.9 Å². The van der Waals surface area contributed by atoms with E-state index in [1.165, 1.54) is 0 Å². The van der Waals surface area contributed by atoms with Crippen LogP contribution >= 0.6 is 0 Å². The summed E-state index contributed by atoms with van der Waals surface area (Å²) >= 11 is 0. The second kappa shape index (κ2) is 5.97. The largest absolute Gasteiger partial charge is 0.219 e. The average molecular weight is 136 g/mol. The highest BCUT2D eigenvalue weighted by Gasteiger charge is 2.03. The predicted molar refractivity (Wildman–Crippen MR) is 30.3 cm³/mol. The molecule has 0 fully saturated rings. The Bertz CT molecular complexity index is 52.9. The first kappa shape index (κ1) is 8.84. The van der Waals surface area contributed by atoms with Crippen LogP contribution in [0, 0.1) is 0 Å². The van der Waals surface area contributed by atoms with Gasteiger partial charge in [0.2, 0.25) is 0 Å². The molecule has 0 saturated heterocycles. The first-order valence-electron chi connectivity index (χ1n) is 2.98. The summed E-state index contributed by atoms with van der Waals surface area (Å²) in [7, 11) is 0. The smallest absolute Gasteiger partial charge is 0.0957 e. The van der Waals surface area contributed by atoms with Crippen LogP contribution in [0.3, 0.4) is 0 Å². The molecule has 0 saturated carbocycles. The number of rotatable bonds is 5. The lowest BCUT2D eigenvalue weighted by Crippen LogP contribution is -2.10. The summed E-state index contributed by atoms with van der Waals surface area (Å²) in [4.78, 5) is 4.52. The van der Waals surface area contributed by atoms with Gasteiger partial charge in [-0.15, -0.1) is 0 Å². The van der Waals surface area contributed by atoms with Crippen molar-refractivity contribution in [1.29, 1.82) is 0 Å². The average Bonchev–Trinajstić information content (AvgIpc) is 1.91. The summed E-state index contributed by atoms with van der Waals surface area (Å²) < 4.78 is 0. The third kappa shape index (κ3) is 4.35. The maximum atomic E-state index is 7.66. The van der Waals surface area contributed by atoms with Gasteiger partial charge in [-0.2, -0.15) is 0 Å². The van der Waals surface area contributed by atoms with Gasteiger partial charge in [0.15, 0.2) is 0 Å². The Kier molecular flexibility index (Phi) is 5.86. The monoisotopic (exact) mass is 136 g/mol. The van der Waals surface area contributed by atoms with Crippen molar-refractivity contribution in [2.75, 3.05) is 0 Å². The first-order valence-corrected chi connectivity index (χ1v) is 2.98. The zero-order chi connectivity index (χ0) is 7.11. The predicted octanol–water partition coefficient (Wildman–Crippen LogP) is 1.53. The van der Waals surface area contributed by atoms with Crippen LogP contribution < -0.4 is 0 Å². The van der Waals surface area contributed by atoms with Gasteiger partial charge in [-0.1, -0.05) is 13.8 Å². The van der Waals surface area contributed by atoms with E-state index in [0.29, 0.717) is 0 Å². The first-order chi connectivity index (χ1) is 4.35. The molecule has 0 aliphatic heterocycles. The molecular weight excluding hydrogens is 124 g/mol. The standard InChI is InChI=1S/C5H12O4/c1-3-5(4-2)7-9-8-6/h5-6H,3-4H2,1-2H3. The van der Waals surface area contributed by atoms with E-state index in [2.05, 4.69) is 15.0 Å². The summed E-state index contributed by atoms with van der Waals surface area (Å²) in [6, 6.07) is 0. The van der Waals surface area contributed by atoms with Crippen LogP contribution in [-0.2, 0) is 15.0 Å². The van der Waals surface area contributed by atoms with Gasteiger partial charge >= 0.3 is 0 Å². The van der Waals surface area contributed by atoms with Crippen LogP contribution in [0.4, 0.5) is 0 Å². The highest BCUT2D eigenvalue weighted by molar-refractivity contribution is 4.45. The van der Waals surface area contributed by atoms with E-state index in [9.17, 15) is 0 Å². The van der Waals surface area contributed by atoms with Crippen molar-refractivity contribution in [2.45, 2.75) is 32.8 Å². The molecule has 0 aromatic carbocycles. The molecular formula is C5H12O4. The lowest BCUT2D eigenvalue weighted by Gasteiger charge is -2.07. The van der Waals surface area contributed by atoms with Gasteiger partial charge in [0.25, 0.3) is 0 Å². The molecule has 0 aliphatic rings. The SMILES string of the molecule is CCC(CC)OOOO. The molecule has 0 atom stereocenters. The number of hydrogen-bond donors (Lipinski definition) is 1. The molecule has 1 N–H and O–H groups in total. The lowest BCUT2D eigenvalue weighted by atomic mass is 10.2. The normalized spacial score (nSPS) is 10.7. The Hall–Kier alpha value is -0.160. The van der Waals surface area contributed by atoms with E-state index in [1.807, 2.05) is 13.8 Å². The fraction of sp³-hybridized carbons (Fsp3) is 1.00. The summed E-state index contributed by atoms with van der Waals surface area (Å²) in [6.07, 6.45) is 1.66. The highest BCUT2D eigenvalue weighted by atomic mass is 17.6. The zero-order valence-electron chi connectivity index (χ0n) is 5.66. The second-order valence-corrected chi connectivity index (χ2v) is 1.68. The Balaban J connectivity index is 3.09. The van der Waals surface area contributed by atoms with Crippen LogP contribution in [0.5, 0.6) is 0 Å². The molecule has 0 bridgehead atoms. The van der Waals surface area contributed by atoms with Crippen molar-refractivity contribution in [3.8, 4) is 0 Å². The molecule has 0 heterocycles. The Morgan fingerprint density at radius 3 is 2.22 bits per heavy atom. The van der Waals surface area contributed by atoms with Gasteiger partial charge < -0.3 is 0 Å². The summed E-state index contributed by atoms with van der Waals surface area (Å²) in [5.41, 5.74) is 0. The molecule has 0 amide bonds. The number of hydrogen-bond acceptors (Lipinski definition) is 4. The molecule has 4 nitrogen and oxygen atoms in total. The van der Waals surface area contributed by atoms with Gasteiger partial charge in [0.1, 0.15) is 0 Å². The molecule has 0 aromatic rings. The third-order valence-electron chi connectivity index (χ3n) is 1.12. The maximum absolute atomic E-state index is 7.66. The minimum atomic E-state index is -0.00264. The van der Waals surface area contributed by atoms with E-state index in [4.69, 9.17) is 5.26 Å². The van der Waals surface area contributed by atoms with Crippen molar-refractivity contribution >= 4 is 0 Å². The van der Waals surface area contributed by atoms with Gasteiger partial charge in [-0.3, -0.25) is 0 Å². The topological polar surface area (TPSA) is 47.9 Å². The Morgan fingerprint density at radius 1 is 1.33 bits per heavy atom. The van der Waals surface area contributed by atoms with Gasteiger partial charge in [0.05, 0.1) is 6.10 Å². The molecule has 0 unspecified atom stereocenters. The zero-order valence-corrected chi connectivity index (χ0v) is 5.66. The van der Waals surface area contributed by atoms with E-state index in [1.54, 1.807) is 0 Å². The summed E-state index contributed by atoms with van der Waals surface area (Å²) in [5.74, 6) is 0. The van der Waals surface area contributed by atoms with Crippen LogP contribution in [-0.4, -0.2) is 11.4 Å². The lowest BCUT2D eigenvalue weighted by molar-refractivity contribution is -0.631.